The first kappa shape index (κ1) is 20.7. The summed E-state index contributed by atoms with van der Waals surface area (Å²) >= 11 is 3.35. The third-order valence-electron chi connectivity index (χ3n) is 4.63. The predicted octanol–water partition coefficient (Wildman–Crippen LogP) is 3.05. The SMILES string of the molecule is COc1cccc(CN(C(=O)COc2ccc(Br)cc2)C2CCS(=O)(=O)C2)c1. The minimum Gasteiger partial charge on any atom is -0.497 e. The van der Waals surface area contributed by atoms with E-state index in [1.165, 1.54) is 0 Å². The van der Waals surface area contributed by atoms with Crippen LogP contribution in [0, 0.1) is 0 Å². The number of benzene rings is 2. The molecule has 0 aliphatic carbocycles. The van der Waals surface area contributed by atoms with Gasteiger partial charge < -0.3 is 14.4 Å². The van der Waals surface area contributed by atoms with Crippen molar-refractivity contribution in [2.24, 2.45) is 0 Å². The van der Waals surface area contributed by atoms with E-state index >= 15 is 0 Å². The molecule has 1 amide bonds. The fourth-order valence-electron chi connectivity index (χ4n) is 3.17. The molecule has 8 heteroatoms. The summed E-state index contributed by atoms with van der Waals surface area (Å²) < 4.78 is 35.6. The average molecular weight is 468 g/mol. The molecule has 1 heterocycles. The molecule has 0 aromatic heterocycles. The van der Waals surface area contributed by atoms with Crippen LogP contribution < -0.4 is 9.47 Å². The van der Waals surface area contributed by atoms with Crippen molar-refractivity contribution < 1.29 is 22.7 Å². The maximum atomic E-state index is 12.9. The first-order valence-electron chi connectivity index (χ1n) is 8.87. The number of carbonyl (C=O) groups excluding carboxylic acids is 1. The van der Waals surface area contributed by atoms with Crippen LogP contribution in [0.3, 0.4) is 0 Å². The van der Waals surface area contributed by atoms with Crippen LogP contribution in [-0.4, -0.2) is 50.5 Å². The number of halogens is 1. The fourth-order valence-corrected chi connectivity index (χ4v) is 5.16. The lowest BCUT2D eigenvalue weighted by molar-refractivity contribution is -0.136. The molecule has 3 rings (SSSR count). The Morgan fingerprint density at radius 3 is 2.57 bits per heavy atom. The van der Waals surface area contributed by atoms with Crippen molar-refractivity contribution in [2.75, 3.05) is 25.2 Å². The third-order valence-corrected chi connectivity index (χ3v) is 6.91. The Hall–Kier alpha value is -2.06. The van der Waals surface area contributed by atoms with E-state index in [1.807, 2.05) is 36.4 Å². The molecule has 2 aromatic rings. The molecule has 2 aromatic carbocycles. The molecule has 0 bridgehead atoms. The molecular formula is C20H22BrNO5S. The van der Waals surface area contributed by atoms with E-state index in [4.69, 9.17) is 9.47 Å². The number of sulfone groups is 1. The van der Waals surface area contributed by atoms with Crippen LogP contribution in [0.2, 0.25) is 0 Å². The summed E-state index contributed by atoms with van der Waals surface area (Å²) in [6.07, 6.45) is 0.441. The second-order valence-corrected chi connectivity index (χ2v) is 9.82. The lowest BCUT2D eigenvalue weighted by Gasteiger charge is -2.28. The van der Waals surface area contributed by atoms with Crippen molar-refractivity contribution >= 4 is 31.7 Å². The average Bonchev–Trinajstić information content (AvgIpc) is 3.05. The van der Waals surface area contributed by atoms with Gasteiger partial charge in [-0.05, 0) is 48.4 Å². The minimum atomic E-state index is -3.12. The first-order valence-corrected chi connectivity index (χ1v) is 11.5. The molecule has 1 aliphatic rings. The second kappa shape index (κ2) is 8.96. The minimum absolute atomic E-state index is 0.0129. The van der Waals surface area contributed by atoms with Gasteiger partial charge in [-0.1, -0.05) is 28.1 Å². The highest BCUT2D eigenvalue weighted by atomic mass is 79.9. The number of rotatable bonds is 7. The van der Waals surface area contributed by atoms with Crippen LogP contribution in [-0.2, 0) is 21.2 Å². The Morgan fingerprint density at radius 1 is 1.18 bits per heavy atom. The number of carbonyl (C=O) groups is 1. The summed E-state index contributed by atoms with van der Waals surface area (Å²) in [5.74, 6) is 1.12. The number of nitrogens with zero attached hydrogens (tertiary/aromatic N) is 1. The number of amides is 1. The van der Waals surface area contributed by atoms with Gasteiger partial charge in [-0.15, -0.1) is 0 Å². The van der Waals surface area contributed by atoms with Gasteiger partial charge in [0.15, 0.2) is 16.4 Å². The molecule has 0 N–H and O–H groups in total. The molecule has 1 unspecified atom stereocenters. The summed E-state index contributed by atoms with van der Waals surface area (Å²) in [6.45, 7) is 0.155. The quantitative estimate of drug-likeness (QED) is 0.625. The van der Waals surface area contributed by atoms with Gasteiger partial charge >= 0.3 is 0 Å². The smallest absolute Gasteiger partial charge is 0.261 e. The topological polar surface area (TPSA) is 72.9 Å². The largest absolute Gasteiger partial charge is 0.497 e. The van der Waals surface area contributed by atoms with Crippen LogP contribution in [0.25, 0.3) is 0 Å². The molecule has 6 nitrogen and oxygen atoms in total. The molecule has 28 heavy (non-hydrogen) atoms. The Kier molecular flexibility index (Phi) is 6.61. The highest BCUT2D eigenvalue weighted by molar-refractivity contribution is 9.10. The monoisotopic (exact) mass is 467 g/mol. The highest BCUT2D eigenvalue weighted by Gasteiger charge is 2.34. The van der Waals surface area contributed by atoms with Crippen molar-refractivity contribution in [3.63, 3.8) is 0 Å². The van der Waals surface area contributed by atoms with Gasteiger partial charge in [-0.2, -0.15) is 0 Å². The molecule has 0 spiro atoms. The van der Waals surface area contributed by atoms with E-state index in [2.05, 4.69) is 15.9 Å². The molecule has 1 atom stereocenters. The van der Waals surface area contributed by atoms with Crippen LogP contribution in [0.1, 0.15) is 12.0 Å². The van der Waals surface area contributed by atoms with Crippen molar-refractivity contribution in [1.29, 1.82) is 0 Å². The zero-order chi connectivity index (χ0) is 20.1. The molecular weight excluding hydrogens is 446 g/mol. The maximum Gasteiger partial charge on any atom is 0.261 e. The zero-order valence-electron chi connectivity index (χ0n) is 15.5. The first-order chi connectivity index (χ1) is 13.4. The van der Waals surface area contributed by atoms with Crippen molar-refractivity contribution in [2.45, 2.75) is 19.0 Å². The van der Waals surface area contributed by atoms with Gasteiger partial charge in [0, 0.05) is 17.1 Å². The molecule has 1 aliphatic heterocycles. The van der Waals surface area contributed by atoms with E-state index in [9.17, 15) is 13.2 Å². The van der Waals surface area contributed by atoms with Crippen molar-refractivity contribution in [1.82, 2.24) is 4.90 Å². The summed E-state index contributed by atoms with van der Waals surface area (Å²) in [7, 11) is -1.53. The summed E-state index contributed by atoms with van der Waals surface area (Å²) in [4.78, 5) is 14.5. The standard InChI is InChI=1S/C20H22BrNO5S/c1-26-19-4-2-3-15(11-19)12-22(17-9-10-28(24,25)14-17)20(23)13-27-18-7-5-16(21)6-8-18/h2-8,11,17H,9-10,12-14H2,1H3. The Labute approximate surface area is 173 Å². The van der Waals surface area contributed by atoms with E-state index in [0.29, 0.717) is 24.5 Å². The van der Waals surface area contributed by atoms with Crippen molar-refractivity contribution in [3.8, 4) is 11.5 Å². The molecule has 0 saturated carbocycles. The summed E-state index contributed by atoms with van der Waals surface area (Å²) in [5, 5.41) is 0. The van der Waals surface area contributed by atoms with Gasteiger partial charge in [0.1, 0.15) is 11.5 Å². The number of methoxy groups -OCH3 is 1. The molecule has 150 valence electrons. The van der Waals surface area contributed by atoms with E-state index in [-0.39, 0.29) is 30.1 Å². The number of hydrogen-bond acceptors (Lipinski definition) is 5. The number of ether oxygens (including phenoxy) is 2. The van der Waals surface area contributed by atoms with Gasteiger partial charge in [-0.25, -0.2) is 8.42 Å². The highest BCUT2D eigenvalue weighted by Crippen LogP contribution is 2.23. The second-order valence-electron chi connectivity index (χ2n) is 6.67. The van der Waals surface area contributed by atoms with Gasteiger partial charge in [0.25, 0.3) is 5.91 Å². The summed E-state index contributed by atoms with van der Waals surface area (Å²) in [6, 6.07) is 14.3. The van der Waals surface area contributed by atoms with Crippen LogP contribution in [0.5, 0.6) is 11.5 Å². The van der Waals surface area contributed by atoms with Gasteiger partial charge in [0.05, 0.1) is 18.6 Å². The number of hydrogen-bond donors (Lipinski definition) is 0. The predicted molar refractivity (Wildman–Crippen MR) is 110 cm³/mol. The van der Waals surface area contributed by atoms with Gasteiger partial charge in [0.2, 0.25) is 0 Å². The normalized spacial score (nSPS) is 17.9. The Morgan fingerprint density at radius 2 is 1.93 bits per heavy atom. The Balaban J connectivity index is 1.74. The fraction of sp³-hybridized carbons (Fsp3) is 0.350. The summed E-state index contributed by atoms with van der Waals surface area (Å²) in [5.41, 5.74) is 0.876. The lowest BCUT2D eigenvalue weighted by atomic mass is 10.1. The van der Waals surface area contributed by atoms with Crippen LogP contribution >= 0.6 is 15.9 Å². The van der Waals surface area contributed by atoms with Crippen LogP contribution in [0.15, 0.2) is 53.0 Å². The molecule has 0 radical (unpaired) electrons. The zero-order valence-corrected chi connectivity index (χ0v) is 17.9. The Bertz CT molecular complexity index is 930. The van der Waals surface area contributed by atoms with Crippen LogP contribution in [0.4, 0.5) is 0 Å². The lowest BCUT2D eigenvalue weighted by Crippen LogP contribution is -2.43. The van der Waals surface area contributed by atoms with Crippen molar-refractivity contribution in [3.05, 3.63) is 58.6 Å². The molecule has 1 saturated heterocycles. The van der Waals surface area contributed by atoms with E-state index < -0.39 is 9.84 Å². The molecule has 1 fully saturated rings. The van der Waals surface area contributed by atoms with E-state index in [1.54, 1.807) is 24.1 Å². The van der Waals surface area contributed by atoms with E-state index in [0.717, 1.165) is 10.0 Å². The third kappa shape index (κ3) is 5.48. The van der Waals surface area contributed by atoms with Gasteiger partial charge in [-0.3, -0.25) is 4.79 Å². The maximum absolute atomic E-state index is 12.9.